The third-order valence-electron chi connectivity index (χ3n) is 3.30. The molecule has 0 aromatic heterocycles. The lowest BCUT2D eigenvalue weighted by Gasteiger charge is -2.09. The van der Waals surface area contributed by atoms with E-state index in [4.69, 9.17) is 0 Å². The molecule has 25 heavy (non-hydrogen) atoms. The molecule has 2 aromatic rings. The minimum absolute atomic E-state index is 0.0613. The lowest BCUT2D eigenvalue weighted by molar-refractivity contribution is -0.127. The van der Waals surface area contributed by atoms with E-state index >= 15 is 0 Å². The van der Waals surface area contributed by atoms with Gasteiger partial charge in [-0.3, -0.25) is 20.4 Å². The van der Waals surface area contributed by atoms with Gasteiger partial charge in [0.15, 0.2) is 0 Å². The molecule has 0 aliphatic carbocycles. The molecule has 2 rings (SSSR count). The molecule has 0 unspecified atom stereocenters. The Morgan fingerprint density at radius 3 is 2.12 bits per heavy atom. The first-order chi connectivity index (χ1) is 11.9. The quantitative estimate of drug-likeness (QED) is 0.658. The van der Waals surface area contributed by atoms with Crippen LogP contribution in [0.5, 0.6) is 0 Å². The topological polar surface area (TPSA) is 104 Å². The maximum Gasteiger partial charge on any atom is 0.253 e. The number of carbonyl (C=O) groups excluding carboxylic acids is 2. The minimum atomic E-state index is -3.77. The van der Waals surface area contributed by atoms with E-state index in [0.717, 1.165) is 11.1 Å². The van der Waals surface area contributed by atoms with Crippen molar-refractivity contribution in [2.24, 2.45) is 0 Å². The number of nitrogens with one attached hydrogen (secondary N) is 3. The van der Waals surface area contributed by atoms with Gasteiger partial charge in [-0.2, -0.15) is 0 Å². The van der Waals surface area contributed by atoms with Gasteiger partial charge in [-0.25, -0.2) is 13.1 Å². The Hall–Kier alpha value is -2.71. The van der Waals surface area contributed by atoms with Crippen molar-refractivity contribution in [2.75, 3.05) is 6.54 Å². The molecule has 3 N–H and O–H groups in total. The van der Waals surface area contributed by atoms with E-state index in [9.17, 15) is 18.0 Å². The van der Waals surface area contributed by atoms with E-state index in [0.29, 0.717) is 0 Å². The van der Waals surface area contributed by atoms with Crippen molar-refractivity contribution in [1.82, 2.24) is 15.6 Å². The Balaban J connectivity index is 1.77. The van der Waals surface area contributed by atoms with Crippen molar-refractivity contribution in [3.05, 3.63) is 65.7 Å². The Morgan fingerprint density at radius 1 is 0.880 bits per heavy atom. The summed E-state index contributed by atoms with van der Waals surface area (Å²) in [6.07, 6.45) is 0.107. The van der Waals surface area contributed by atoms with Crippen LogP contribution in [0.4, 0.5) is 0 Å². The molecule has 0 heterocycles. The van der Waals surface area contributed by atoms with E-state index in [1.54, 1.807) is 18.2 Å². The predicted octanol–water partition coefficient (Wildman–Crippen LogP) is 0.663. The molecule has 0 fully saturated rings. The molecule has 7 nitrogen and oxygen atoms in total. The van der Waals surface area contributed by atoms with Crippen molar-refractivity contribution in [3.8, 4) is 0 Å². The van der Waals surface area contributed by atoms with E-state index < -0.39 is 28.4 Å². The van der Waals surface area contributed by atoms with Crippen molar-refractivity contribution in [2.45, 2.75) is 18.2 Å². The zero-order valence-corrected chi connectivity index (χ0v) is 14.5. The second-order valence-electron chi connectivity index (χ2n) is 5.40. The fourth-order valence-electron chi connectivity index (χ4n) is 1.96. The van der Waals surface area contributed by atoms with Crippen LogP contribution < -0.4 is 15.6 Å². The molecule has 0 bridgehead atoms. The number of aryl methyl sites for hydroxylation is 1. The second kappa shape index (κ2) is 8.41. The number of hydrazine groups is 1. The lowest BCUT2D eigenvalue weighted by atomic mass is 10.1. The summed E-state index contributed by atoms with van der Waals surface area (Å²) in [6, 6.07) is 15.1. The highest BCUT2D eigenvalue weighted by Gasteiger charge is 2.15. The zero-order valence-electron chi connectivity index (χ0n) is 13.7. The molecule has 0 spiro atoms. The molecule has 2 aromatic carbocycles. The number of rotatable bonds is 6. The molecule has 0 saturated heterocycles. The first-order valence-corrected chi connectivity index (χ1v) is 9.03. The third kappa shape index (κ3) is 6.02. The van der Waals surface area contributed by atoms with Gasteiger partial charge in [0, 0.05) is 0 Å². The largest absolute Gasteiger partial charge is 0.273 e. The highest BCUT2D eigenvalue weighted by Crippen LogP contribution is 2.06. The number of hydrogen-bond donors (Lipinski definition) is 3. The average molecular weight is 361 g/mol. The Kier molecular flexibility index (Phi) is 6.26. The number of hydrogen-bond acceptors (Lipinski definition) is 4. The highest BCUT2D eigenvalue weighted by molar-refractivity contribution is 7.89. The molecule has 2 amide bonds. The molecule has 0 saturated carbocycles. The molecular formula is C17H19N3O4S. The maximum atomic E-state index is 12.0. The lowest BCUT2D eigenvalue weighted by Crippen LogP contribution is -2.46. The Bertz CT molecular complexity index is 834. The molecule has 0 aliphatic rings. The van der Waals surface area contributed by atoms with Crippen molar-refractivity contribution >= 4 is 21.8 Å². The monoisotopic (exact) mass is 361 g/mol. The summed E-state index contributed by atoms with van der Waals surface area (Å²) in [6.45, 7) is 1.46. The molecule has 0 atom stereocenters. The van der Waals surface area contributed by atoms with Crippen molar-refractivity contribution in [1.29, 1.82) is 0 Å². The van der Waals surface area contributed by atoms with Crippen molar-refractivity contribution in [3.63, 3.8) is 0 Å². The molecular weight excluding hydrogens is 342 g/mol. The standard InChI is InChI=1S/C17H19N3O4S/c1-13-7-9-14(10-8-13)11-16(21)19-20-17(22)12-18-25(23,24)15-5-3-2-4-6-15/h2-10,18H,11-12H2,1H3,(H,19,21)(H,20,22). The molecule has 0 aliphatic heterocycles. The van der Waals surface area contributed by atoms with Crippen LogP contribution in [0, 0.1) is 6.92 Å². The fourth-order valence-corrected chi connectivity index (χ4v) is 2.97. The van der Waals surface area contributed by atoms with Gasteiger partial charge in [0.25, 0.3) is 5.91 Å². The first kappa shape index (κ1) is 18.6. The summed E-state index contributed by atoms with van der Waals surface area (Å²) in [5, 5.41) is 0. The number of carbonyl (C=O) groups is 2. The number of benzene rings is 2. The van der Waals surface area contributed by atoms with E-state index in [1.165, 1.54) is 12.1 Å². The van der Waals surface area contributed by atoms with Gasteiger partial charge in [-0.15, -0.1) is 0 Å². The maximum absolute atomic E-state index is 12.0. The third-order valence-corrected chi connectivity index (χ3v) is 4.72. The zero-order chi connectivity index (χ0) is 18.3. The molecule has 0 radical (unpaired) electrons. The van der Waals surface area contributed by atoms with Crippen LogP contribution in [0.15, 0.2) is 59.5 Å². The van der Waals surface area contributed by atoms with Gasteiger partial charge in [0.1, 0.15) is 0 Å². The molecule has 132 valence electrons. The van der Waals surface area contributed by atoms with E-state index in [-0.39, 0.29) is 11.3 Å². The van der Waals surface area contributed by atoms with Gasteiger partial charge >= 0.3 is 0 Å². The van der Waals surface area contributed by atoms with Crippen LogP contribution in [0.25, 0.3) is 0 Å². The van der Waals surface area contributed by atoms with E-state index in [1.807, 2.05) is 31.2 Å². The van der Waals surface area contributed by atoms with Crippen LogP contribution in [0.3, 0.4) is 0 Å². The van der Waals surface area contributed by atoms with Crippen LogP contribution in [0.2, 0.25) is 0 Å². The van der Waals surface area contributed by atoms with Crippen LogP contribution in [-0.4, -0.2) is 26.8 Å². The highest BCUT2D eigenvalue weighted by atomic mass is 32.2. The summed E-state index contributed by atoms with van der Waals surface area (Å²) in [7, 11) is -3.77. The smallest absolute Gasteiger partial charge is 0.253 e. The summed E-state index contributed by atoms with van der Waals surface area (Å²) in [5.41, 5.74) is 6.31. The summed E-state index contributed by atoms with van der Waals surface area (Å²) >= 11 is 0. The van der Waals surface area contributed by atoms with Gasteiger partial charge in [0.05, 0.1) is 17.9 Å². The predicted molar refractivity (Wildman–Crippen MR) is 92.8 cm³/mol. The summed E-state index contributed by atoms with van der Waals surface area (Å²) in [4.78, 5) is 23.5. The average Bonchev–Trinajstić information content (AvgIpc) is 2.61. The van der Waals surface area contributed by atoms with Crippen LogP contribution in [0.1, 0.15) is 11.1 Å². The number of amides is 2. The van der Waals surface area contributed by atoms with Crippen LogP contribution in [-0.2, 0) is 26.0 Å². The van der Waals surface area contributed by atoms with Crippen molar-refractivity contribution < 1.29 is 18.0 Å². The number of sulfonamides is 1. The molecule has 8 heteroatoms. The van der Waals surface area contributed by atoms with Gasteiger partial charge in [0.2, 0.25) is 15.9 Å². The van der Waals surface area contributed by atoms with E-state index in [2.05, 4.69) is 15.6 Å². The summed E-state index contributed by atoms with van der Waals surface area (Å²) < 4.78 is 26.1. The second-order valence-corrected chi connectivity index (χ2v) is 7.16. The fraction of sp³-hybridized carbons (Fsp3) is 0.176. The Labute approximate surface area is 146 Å². The van der Waals surface area contributed by atoms with Gasteiger partial charge in [-0.1, -0.05) is 48.0 Å². The SMILES string of the molecule is Cc1ccc(CC(=O)NNC(=O)CNS(=O)(=O)c2ccccc2)cc1. The van der Waals surface area contributed by atoms with Crippen LogP contribution >= 0.6 is 0 Å². The normalized spacial score (nSPS) is 10.9. The Morgan fingerprint density at radius 2 is 1.48 bits per heavy atom. The minimum Gasteiger partial charge on any atom is -0.273 e. The first-order valence-electron chi connectivity index (χ1n) is 7.55. The van der Waals surface area contributed by atoms with Gasteiger partial charge < -0.3 is 0 Å². The van der Waals surface area contributed by atoms with Gasteiger partial charge in [-0.05, 0) is 24.6 Å². The summed E-state index contributed by atoms with van der Waals surface area (Å²) in [5.74, 6) is -1.07.